The average Bonchev–Trinajstić information content (AvgIpc) is 2.58. The summed E-state index contributed by atoms with van der Waals surface area (Å²) in [4.78, 5) is 11.7. The fourth-order valence-electron chi connectivity index (χ4n) is 2.60. The average molecular weight is 370 g/mol. The molecule has 0 fully saturated rings. The van der Waals surface area contributed by atoms with Crippen LogP contribution in [0.3, 0.4) is 0 Å². The van der Waals surface area contributed by atoms with Crippen molar-refractivity contribution in [2.45, 2.75) is 20.3 Å². The fourth-order valence-corrected chi connectivity index (χ4v) is 2.60. The number of hydrogen-bond acceptors (Lipinski definition) is 5. The third-order valence-electron chi connectivity index (χ3n) is 4.00. The first-order valence-corrected chi connectivity index (χ1v) is 8.24. The second-order valence-electron chi connectivity index (χ2n) is 6.24. The van der Waals surface area contributed by atoms with Gasteiger partial charge in [0.15, 0.2) is 0 Å². The van der Waals surface area contributed by atoms with Gasteiger partial charge in [-0.05, 0) is 44.0 Å². The Morgan fingerprint density at radius 3 is 2.30 bits per heavy atom. The van der Waals surface area contributed by atoms with Crippen LogP contribution in [0.25, 0.3) is 12.2 Å². The van der Waals surface area contributed by atoms with Crippen LogP contribution in [0.2, 0.25) is 0 Å². The summed E-state index contributed by atoms with van der Waals surface area (Å²) in [6.07, 6.45) is 5.15. The number of rotatable bonds is 6. The molecule has 27 heavy (non-hydrogen) atoms. The zero-order valence-corrected chi connectivity index (χ0v) is 15.4. The van der Waals surface area contributed by atoms with E-state index in [1.165, 1.54) is 43.5 Å². The van der Waals surface area contributed by atoms with E-state index in [0.717, 1.165) is 5.57 Å². The number of methoxy groups -OCH3 is 1. The molecule has 2 rings (SSSR count). The summed E-state index contributed by atoms with van der Waals surface area (Å²) in [5.41, 5.74) is 1.78. The predicted octanol–water partition coefficient (Wildman–Crippen LogP) is 4.19. The lowest BCUT2D eigenvalue weighted by Crippen LogP contribution is -2.04. The molecule has 0 atom stereocenters. The zero-order valence-electron chi connectivity index (χ0n) is 15.4. The van der Waals surface area contributed by atoms with Gasteiger partial charge in [-0.25, -0.2) is 4.79 Å². The summed E-state index contributed by atoms with van der Waals surface area (Å²) in [6.45, 7) is 3.81. The van der Waals surface area contributed by atoms with Crippen LogP contribution in [-0.2, 0) is 6.42 Å². The third-order valence-corrected chi connectivity index (χ3v) is 4.00. The fraction of sp³-hybridized carbons (Fsp3) is 0.190. The third kappa shape index (κ3) is 4.61. The lowest BCUT2D eigenvalue weighted by molar-refractivity contribution is 0.0693. The van der Waals surface area contributed by atoms with Crippen molar-refractivity contribution in [2.24, 2.45) is 0 Å². The molecule has 0 heterocycles. The standard InChI is InChI=1S/C21H22O6/c1-12(2)4-9-16-18(27-3)10-14(19(20(16)24)21(25)26)6-5-13-7-8-15(22)11-17(13)23/h4-8,10-11,22-24H,9H2,1-3H3,(H,25,26)/b6-5-. The van der Waals surface area contributed by atoms with Crippen molar-refractivity contribution in [3.63, 3.8) is 0 Å². The molecule has 4 N–H and O–H groups in total. The minimum Gasteiger partial charge on any atom is -0.508 e. The molecule has 0 saturated heterocycles. The number of aromatic hydroxyl groups is 3. The number of aromatic carboxylic acids is 1. The summed E-state index contributed by atoms with van der Waals surface area (Å²) in [6, 6.07) is 5.60. The lowest BCUT2D eigenvalue weighted by atomic mass is 9.97. The van der Waals surface area contributed by atoms with Crippen LogP contribution in [0.1, 0.15) is 40.9 Å². The maximum atomic E-state index is 11.7. The van der Waals surface area contributed by atoms with Gasteiger partial charge in [-0.1, -0.05) is 23.8 Å². The monoisotopic (exact) mass is 370 g/mol. The van der Waals surface area contributed by atoms with Gasteiger partial charge in [0, 0.05) is 17.2 Å². The highest BCUT2D eigenvalue weighted by Gasteiger charge is 2.21. The molecule has 0 amide bonds. The Balaban J connectivity index is 2.58. The SMILES string of the molecule is COc1cc(/C=C\c2ccc(O)cc2O)c(C(=O)O)c(O)c1CC=C(C)C. The molecule has 0 radical (unpaired) electrons. The summed E-state index contributed by atoms with van der Waals surface area (Å²) in [5.74, 6) is -1.50. The minimum atomic E-state index is -1.27. The molecule has 0 unspecified atom stereocenters. The van der Waals surface area contributed by atoms with Crippen LogP contribution in [0.4, 0.5) is 0 Å². The summed E-state index contributed by atoms with van der Waals surface area (Å²) >= 11 is 0. The van der Waals surface area contributed by atoms with Crippen molar-refractivity contribution < 1.29 is 30.0 Å². The molecule has 2 aromatic carbocycles. The van der Waals surface area contributed by atoms with Gasteiger partial charge in [-0.15, -0.1) is 0 Å². The number of carboxylic acids is 1. The molecule has 0 saturated carbocycles. The Morgan fingerprint density at radius 2 is 1.74 bits per heavy atom. The maximum absolute atomic E-state index is 11.7. The van der Waals surface area contributed by atoms with Gasteiger partial charge in [-0.2, -0.15) is 0 Å². The van der Waals surface area contributed by atoms with E-state index in [4.69, 9.17) is 4.74 Å². The normalized spacial score (nSPS) is 10.8. The van der Waals surface area contributed by atoms with Crippen LogP contribution in [0.5, 0.6) is 23.0 Å². The number of phenols is 3. The quantitative estimate of drug-likeness (QED) is 0.449. The molecule has 6 heteroatoms. The number of carbonyl (C=O) groups is 1. The molecule has 0 aliphatic rings. The molecule has 2 aromatic rings. The van der Waals surface area contributed by atoms with Crippen LogP contribution < -0.4 is 4.74 Å². The molecule has 0 aliphatic carbocycles. The second kappa shape index (κ2) is 8.31. The van der Waals surface area contributed by atoms with E-state index in [1.54, 1.807) is 0 Å². The summed E-state index contributed by atoms with van der Waals surface area (Å²) < 4.78 is 5.33. The molecule has 142 valence electrons. The number of phenolic OH excluding ortho intramolecular Hbond substituents is 2. The Morgan fingerprint density at radius 1 is 1.07 bits per heavy atom. The van der Waals surface area contributed by atoms with Crippen molar-refractivity contribution in [1.29, 1.82) is 0 Å². The van der Waals surface area contributed by atoms with Crippen molar-refractivity contribution >= 4 is 18.1 Å². The Labute approximate surface area is 157 Å². The molecule has 0 aliphatic heterocycles. The first-order valence-electron chi connectivity index (χ1n) is 8.24. The molecule has 0 bridgehead atoms. The van der Waals surface area contributed by atoms with E-state index >= 15 is 0 Å². The van der Waals surface area contributed by atoms with Crippen molar-refractivity contribution in [2.75, 3.05) is 7.11 Å². The van der Waals surface area contributed by atoms with Crippen LogP contribution in [-0.4, -0.2) is 33.5 Å². The first kappa shape index (κ1) is 19.9. The molecule has 6 nitrogen and oxygen atoms in total. The number of allylic oxidation sites excluding steroid dienone is 2. The van der Waals surface area contributed by atoms with E-state index in [9.17, 15) is 25.2 Å². The summed E-state index contributed by atoms with van der Waals surface area (Å²) in [7, 11) is 1.44. The van der Waals surface area contributed by atoms with Crippen molar-refractivity contribution in [3.8, 4) is 23.0 Å². The molecule has 0 spiro atoms. The maximum Gasteiger partial charge on any atom is 0.340 e. The Kier molecular flexibility index (Phi) is 6.13. The van der Waals surface area contributed by atoms with Gasteiger partial charge in [0.05, 0.1) is 7.11 Å². The predicted molar refractivity (Wildman–Crippen MR) is 103 cm³/mol. The highest BCUT2D eigenvalue weighted by molar-refractivity contribution is 5.97. The minimum absolute atomic E-state index is 0.0844. The van der Waals surface area contributed by atoms with Crippen LogP contribution in [0.15, 0.2) is 35.9 Å². The van der Waals surface area contributed by atoms with Crippen molar-refractivity contribution in [3.05, 3.63) is 58.2 Å². The summed E-state index contributed by atoms with van der Waals surface area (Å²) in [5, 5.41) is 39.3. The van der Waals surface area contributed by atoms with E-state index < -0.39 is 5.97 Å². The Hall–Kier alpha value is -3.41. The second-order valence-corrected chi connectivity index (χ2v) is 6.24. The zero-order chi connectivity index (χ0) is 20.1. The highest BCUT2D eigenvalue weighted by Crippen LogP contribution is 2.36. The van der Waals surface area contributed by atoms with E-state index in [1.807, 2.05) is 19.9 Å². The van der Waals surface area contributed by atoms with Gasteiger partial charge < -0.3 is 25.2 Å². The van der Waals surface area contributed by atoms with Crippen LogP contribution in [0, 0.1) is 0 Å². The highest BCUT2D eigenvalue weighted by atomic mass is 16.5. The topological polar surface area (TPSA) is 107 Å². The van der Waals surface area contributed by atoms with Gasteiger partial charge in [0.2, 0.25) is 0 Å². The van der Waals surface area contributed by atoms with Gasteiger partial charge in [0.1, 0.15) is 28.6 Å². The van der Waals surface area contributed by atoms with E-state index in [2.05, 4.69) is 0 Å². The number of ether oxygens (including phenoxy) is 1. The van der Waals surface area contributed by atoms with Gasteiger partial charge in [0.25, 0.3) is 0 Å². The van der Waals surface area contributed by atoms with Crippen molar-refractivity contribution in [1.82, 2.24) is 0 Å². The smallest absolute Gasteiger partial charge is 0.340 e. The van der Waals surface area contributed by atoms with E-state index in [-0.39, 0.29) is 28.4 Å². The van der Waals surface area contributed by atoms with Gasteiger partial charge in [-0.3, -0.25) is 0 Å². The molecule has 0 aromatic heterocycles. The van der Waals surface area contributed by atoms with E-state index in [0.29, 0.717) is 23.3 Å². The first-order chi connectivity index (χ1) is 12.7. The largest absolute Gasteiger partial charge is 0.508 e. The molecular formula is C21H22O6. The number of hydrogen-bond donors (Lipinski definition) is 4. The number of carboxylic acid groups (broad SMARTS) is 1. The molecular weight excluding hydrogens is 348 g/mol. The number of benzene rings is 2. The Bertz CT molecular complexity index is 921. The lowest BCUT2D eigenvalue weighted by Gasteiger charge is -2.14. The van der Waals surface area contributed by atoms with Gasteiger partial charge >= 0.3 is 5.97 Å². The van der Waals surface area contributed by atoms with Crippen LogP contribution >= 0.6 is 0 Å².